The van der Waals surface area contributed by atoms with E-state index in [4.69, 9.17) is 15.1 Å². The molecule has 5 heteroatoms. The molecule has 1 aromatic rings. The van der Waals surface area contributed by atoms with Gasteiger partial charge in [-0.25, -0.2) is 0 Å². The second-order valence-electron chi connectivity index (χ2n) is 4.17. The van der Waals surface area contributed by atoms with Crippen LogP contribution in [0, 0.1) is 11.3 Å². The van der Waals surface area contributed by atoms with Gasteiger partial charge in [0.25, 0.3) is 0 Å². The third-order valence-electron chi connectivity index (χ3n) is 3.04. The number of rotatable bonds is 3. The van der Waals surface area contributed by atoms with Crippen LogP contribution < -0.4 is 0 Å². The molecule has 0 amide bonds. The van der Waals surface area contributed by atoms with E-state index in [1.54, 1.807) is 12.1 Å². The third-order valence-corrected chi connectivity index (χ3v) is 3.04. The van der Waals surface area contributed by atoms with E-state index in [2.05, 4.69) is 6.07 Å². The molecule has 0 aliphatic carbocycles. The van der Waals surface area contributed by atoms with Crippen LogP contribution in [0.1, 0.15) is 11.1 Å². The number of hydrogen-bond donors (Lipinski definition) is 1. The second-order valence-corrected chi connectivity index (χ2v) is 4.17. The van der Waals surface area contributed by atoms with E-state index in [0.717, 1.165) is 5.56 Å². The van der Waals surface area contributed by atoms with Crippen molar-refractivity contribution in [2.45, 2.75) is 12.6 Å². The Bertz CT molecular complexity index is 481. The summed E-state index contributed by atoms with van der Waals surface area (Å²) in [6.45, 7) is 1.75. The molecule has 1 aromatic carbocycles. The summed E-state index contributed by atoms with van der Waals surface area (Å²) in [6.07, 6.45) is 0. The molecule has 5 nitrogen and oxygen atoms in total. The van der Waals surface area contributed by atoms with Crippen LogP contribution in [-0.4, -0.2) is 41.8 Å². The van der Waals surface area contributed by atoms with Crippen LogP contribution >= 0.6 is 0 Å². The Morgan fingerprint density at radius 2 is 2.33 bits per heavy atom. The molecule has 1 N–H and O–H groups in total. The van der Waals surface area contributed by atoms with Gasteiger partial charge in [-0.1, -0.05) is 18.2 Å². The summed E-state index contributed by atoms with van der Waals surface area (Å²) in [5.41, 5.74) is 1.45. The highest BCUT2D eigenvalue weighted by molar-refractivity contribution is 5.73. The molecule has 0 bridgehead atoms. The summed E-state index contributed by atoms with van der Waals surface area (Å²) in [6, 6.07) is 8.74. The molecular formula is C13H14N2O3. The lowest BCUT2D eigenvalue weighted by atomic mass is 10.1. The first-order valence-corrected chi connectivity index (χ1v) is 5.75. The first kappa shape index (κ1) is 12.6. The van der Waals surface area contributed by atoms with Crippen molar-refractivity contribution in [1.29, 1.82) is 5.26 Å². The highest BCUT2D eigenvalue weighted by Crippen LogP contribution is 2.15. The van der Waals surface area contributed by atoms with E-state index in [-0.39, 0.29) is 6.61 Å². The number of nitriles is 1. The van der Waals surface area contributed by atoms with Gasteiger partial charge in [0, 0.05) is 13.1 Å². The summed E-state index contributed by atoms with van der Waals surface area (Å²) in [4.78, 5) is 13.0. The maximum absolute atomic E-state index is 11.1. The Balaban J connectivity index is 2.16. The molecule has 1 saturated heterocycles. The van der Waals surface area contributed by atoms with Gasteiger partial charge in [0.05, 0.1) is 24.8 Å². The highest BCUT2D eigenvalue weighted by atomic mass is 16.5. The third kappa shape index (κ3) is 2.67. The predicted molar refractivity (Wildman–Crippen MR) is 63.8 cm³/mol. The standard InChI is InChI=1S/C13H14N2O3/c14-7-10-3-1-2-4-11(10)8-15-5-6-18-9-12(15)13(16)17/h1-4,12H,5-6,8-9H2,(H,16,17). The zero-order valence-corrected chi connectivity index (χ0v) is 9.87. The average Bonchev–Trinajstić information content (AvgIpc) is 2.40. The normalized spacial score (nSPS) is 20.3. The van der Waals surface area contributed by atoms with Crippen LogP contribution in [0.5, 0.6) is 0 Å². The van der Waals surface area contributed by atoms with Crippen molar-refractivity contribution in [3.05, 3.63) is 35.4 Å². The van der Waals surface area contributed by atoms with Crippen molar-refractivity contribution < 1.29 is 14.6 Å². The summed E-state index contributed by atoms with van der Waals surface area (Å²) < 4.78 is 5.18. The molecule has 1 aliphatic heterocycles. The fourth-order valence-electron chi connectivity index (χ4n) is 2.04. The first-order valence-electron chi connectivity index (χ1n) is 5.75. The van der Waals surface area contributed by atoms with Gasteiger partial charge < -0.3 is 9.84 Å². The molecule has 0 spiro atoms. The van der Waals surface area contributed by atoms with Crippen LogP contribution in [0.4, 0.5) is 0 Å². The van der Waals surface area contributed by atoms with Gasteiger partial charge in [-0.3, -0.25) is 9.69 Å². The minimum Gasteiger partial charge on any atom is -0.480 e. The van der Waals surface area contributed by atoms with Gasteiger partial charge in [-0.2, -0.15) is 5.26 Å². The molecule has 1 atom stereocenters. The van der Waals surface area contributed by atoms with Crippen molar-refractivity contribution in [3.63, 3.8) is 0 Å². The molecule has 1 aliphatic rings. The summed E-state index contributed by atoms with van der Waals surface area (Å²) in [7, 11) is 0. The van der Waals surface area contributed by atoms with Gasteiger partial charge in [0.2, 0.25) is 0 Å². The number of nitrogens with zero attached hydrogens (tertiary/aromatic N) is 2. The number of carboxylic acid groups (broad SMARTS) is 1. The summed E-state index contributed by atoms with van der Waals surface area (Å²) in [5, 5.41) is 18.1. The smallest absolute Gasteiger partial charge is 0.323 e. The van der Waals surface area contributed by atoms with Gasteiger partial charge in [0.1, 0.15) is 6.04 Å². The lowest BCUT2D eigenvalue weighted by Gasteiger charge is -2.32. The number of hydrogen-bond acceptors (Lipinski definition) is 4. The van der Waals surface area contributed by atoms with E-state index in [1.165, 1.54) is 0 Å². The maximum Gasteiger partial charge on any atom is 0.323 e. The van der Waals surface area contributed by atoms with Gasteiger partial charge >= 0.3 is 5.97 Å². The Labute approximate surface area is 105 Å². The van der Waals surface area contributed by atoms with E-state index >= 15 is 0 Å². The Morgan fingerprint density at radius 3 is 3.06 bits per heavy atom. The van der Waals surface area contributed by atoms with E-state index in [9.17, 15) is 4.79 Å². The minimum atomic E-state index is -0.885. The molecule has 1 unspecified atom stereocenters. The fraction of sp³-hybridized carbons (Fsp3) is 0.385. The van der Waals surface area contributed by atoms with Gasteiger partial charge in [0.15, 0.2) is 0 Å². The molecule has 0 radical (unpaired) electrons. The number of benzene rings is 1. The number of carbonyl (C=O) groups is 1. The minimum absolute atomic E-state index is 0.198. The van der Waals surface area contributed by atoms with Crippen LogP contribution in [0.25, 0.3) is 0 Å². The fourth-order valence-corrected chi connectivity index (χ4v) is 2.04. The van der Waals surface area contributed by atoms with Gasteiger partial charge in [-0.05, 0) is 11.6 Å². The molecule has 94 valence electrons. The van der Waals surface area contributed by atoms with Crippen molar-refractivity contribution >= 4 is 5.97 Å². The average molecular weight is 246 g/mol. The van der Waals surface area contributed by atoms with Crippen molar-refractivity contribution in [3.8, 4) is 6.07 Å². The SMILES string of the molecule is N#Cc1ccccc1CN1CCOCC1C(=O)O. The topological polar surface area (TPSA) is 73.6 Å². The number of ether oxygens (including phenoxy) is 1. The molecule has 1 fully saturated rings. The monoisotopic (exact) mass is 246 g/mol. The van der Waals surface area contributed by atoms with Crippen LogP contribution in [-0.2, 0) is 16.1 Å². The lowest BCUT2D eigenvalue weighted by Crippen LogP contribution is -2.49. The summed E-state index contributed by atoms with van der Waals surface area (Å²) in [5.74, 6) is -0.885. The molecule has 1 heterocycles. The molecule has 0 saturated carbocycles. The predicted octanol–water partition coefficient (Wildman–Crippen LogP) is 0.844. The van der Waals surface area contributed by atoms with E-state index in [1.807, 2.05) is 17.0 Å². The molecular weight excluding hydrogens is 232 g/mol. The number of morpholine rings is 1. The largest absolute Gasteiger partial charge is 0.480 e. The van der Waals surface area contributed by atoms with Gasteiger partial charge in [-0.15, -0.1) is 0 Å². The van der Waals surface area contributed by atoms with Crippen LogP contribution in [0.2, 0.25) is 0 Å². The van der Waals surface area contributed by atoms with Crippen molar-refractivity contribution in [2.24, 2.45) is 0 Å². The Morgan fingerprint density at radius 1 is 1.56 bits per heavy atom. The molecule has 18 heavy (non-hydrogen) atoms. The number of aliphatic carboxylic acids is 1. The lowest BCUT2D eigenvalue weighted by molar-refractivity contribution is -0.150. The van der Waals surface area contributed by atoms with Crippen LogP contribution in [0.3, 0.4) is 0 Å². The molecule has 2 rings (SSSR count). The Hall–Kier alpha value is -1.90. The Kier molecular flexibility index (Phi) is 3.92. The molecule has 0 aromatic heterocycles. The van der Waals surface area contributed by atoms with Crippen molar-refractivity contribution in [2.75, 3.05) is 19.8 Å². The number of carboxylic acids is 1. The highest BCUT2D eigenvalue weighted by Gasteiger charge is 2.29. The maximum atomic E-state index is 11.1. The zero-order chi connectivity index (χ0) is 13.0. The quantitative estimate of drug-likeness (QED) is 0.855. The van der Waals surface area contributed by atoms with Crippen LogP contribution in [0.15, 0.2) is 24.3 Å². The van der Waals surface area contributed by atoms with E-state index < -0.39 is 12.0 Å². The first-order chi connectivity index (χ1) is 8.72. The van der Waals surface area contributed by atoms with E-state index in [0.29, 0.717) is 25.3 Å². The van der Waals surface area contributed by atoms with Crippen molar-refractivity contribution in [1.82, 2.24) is 4.90 Å². The second kappa shape index (κ2) is 5.63. The zero-order valence-electron chi connectivity index (χ0n) is 9.87. The summed E-state index contributed by atoms with van der Waals surface area (Å²) >= 11 is 0.